The highest BCUT2D eigenvalue weighted by atomic mass is 16.5. The lowest BCUT2D eigenvalue weighted by atomic mass is 9.88. The molecule has 1 aliphatic rings. The number of anilines is 1. The second kappa shape index (κ2) is 6.43. The first kappa shape index (κ1) is 12.9. The molecule has 0 heterocycles. The minimum absolute atomic E-state index is 0.423. The van der Waals surface area contributed by atoms with Crippen LogP contribution in [-0.2, 0) is 4.79 Å². The molecule has 0 unspecified atom stereocenters. The Balaban J connectivity index is 1.77. The topological polar surface area (TPSA) is 38.3 Å². The molecule has 1 N–H and O–H groups in total. The zero-order valence-corrected chi connectivity index (χ0v) is 10.9. The standard InChI is InChI=1S/C15H21NO2/c1-2-18-15-9-5-13(6-10-15)16-11-12-3-7-14(17)8-4-12/h5-6,9-10,12,16H,2-4,7-8,11H2,1H3. The summed E-state index contributed by atoms with van der Waals surface area (Å²) in [6.45, 7) is 3.64. The van der Waals surface area contributed by atoms with Crippen LogP contribution in [0.4, 0.5) is 5.69 Å². The highest BCUT2D eigenvalue weighted by molar-refractivity contribution is 5.79. The lowest BCUT2D eigenvalue weighted by molar-refractivity contribution is -0.120. The zero-order valence-electron chi connectivity index (χ0n) is 10.9. The fourth-order valence-corrected chi connectivity index (χ4v) is 2.30. The quantitative estimate of drug-likeness (QED) is 0.868. The van der Waals surface area contributed by atoms with Gasteiger partial charge in [-0.05, 0) is 49.9 Å². The van der Waals surface area contributed by atoms with E-state index in [1.807, 2.05) is 31.2 Å². The molecule has 0 bridgehead atoms. The molecule has 2 rings (SSSR count). The van der Waals surface area contributed by atoms with E-state index in [1.165, 1.54) is 0 Å². The summed E-state index contributed by atoms with van der Waals surface area (Å²) in [6.07, 6.45) is 3.58. The largest absolute Gasteiger partial charge is 0.494 e. The van der Waals surface area contributed by atoms with Gasteiger partial charge < -0.3 is 10.1 Å². The van der Waals surface area contributed by atoms with Crippen LogP contribution >= 0.6 is 0 Å². The molecule has 0 amide bonds. The van der Waals surface area contributed by atoms with Crippen molar-refractivity contribution in [1.29, 1.82) is 0 Å². The Morgan fingerprint density at radius 2 is 1.89 bits per heavy atom. The van der Waals surface area contributed by atoms with Crippen LogP contribution in [0, 0.1) is 5.92 Å². The number of rotatable bonds is 5. The highest BCUT2D eigenvalue weighted by Crippen LogP contribution is 2.22. The minimum Gasteiger partial charge on any atom is -0.494 e. The van der Waals surface area contributed by atoms with Gasteiger partial charge in [0.25, 0.3) is 0 Å². The predicted molar refractivity (Wildman–Crippen MR) is 73.1 cm³/mol. The summed E-state index contributed by atoms with van der Waals surface area (Å²) in [5.74, 6) is 1.97. The predicted octanol–water partition coefficient (Wildman–Crippen LogP) is 3.26. The van der Waals surface area contributed by atoms with Gasteiger partial charge in [0.1, 0.15) is 11.5 Å². The van der Waals surface area contributed by atoms with E-state index in [9.17, 15) is 4.79 Å². The maximum atomic E-state index is 11.1. The van der Waals surface area contributed by atoms with Crippen LogP contribution in [0.3, 0.4) is 0 Å². The van der Waals surface area contributed by atoms with E-state index in [0.717, 1.165) is 43.7 Å². The third-order valence-corrected chi connectivity index (χ3v) is 3.42. The number of ether oxygens (including phenoxy) is 1. The molecule has 3 heteroatoms. The second-order valence-electron chi connectivity index (χ2n) is 4.82. The first-order chi connectivity index (χ1) is 8.78. The maximum absolute atomic E-state index is 11.1. The van der Waals surface area contributed by atoms with Crippen molar-refractivity contribution in [3.8, 4) is 5.75 Å². The molecule has 3 nitrogen and oxygen atoms in total. The van der Waals surface area contributed by atoms with E-state index in [-0.39, 0.29) is 0 Å². The Hall–Kier alpha value is -1.51. The van der Waals surface area contributed by atoms with Gasteiger partial charge in [-0.15, -0.1) is 0 Å². The van der Waals surface area contributed by atoms with Crippen LogP contribution in [0.1, 0.15) is 32.6 Å². The van der Waals surface area contributed by atoms with Gasteiger partial charge in [0.15, 0.2) is 0 Å². The van der Waals surface area contributed by atoms with Crippen molar-refractivity contribution in [2.75, 3.05) is 18.5 Å². The number of carbonyl (C=O) groups excluding carboxylic acids is 1. The van der Waals surface area contributed by atoms with Gasteiger partial charge in [-0.25, -0.2) is 0 Å². The van der Waals surface area contributed by atoms with Crippen LogP contribution in [0.15, 0.2) is 24.3 Å². The third kappa shape index (κ3) is 3.76. The Morgan fingerprint density at radius 3 is 2.50 bits per heavy atom. The average Bonchev–Trinajstić information content (AvgIpc) is 2.40. The van der Waals surface area contributed by atoms with Gasteiger partial charge in [0.05, 0.1) is 6.61 Å². The molecule has 0 saturated heterocycles. The molecule has 0 atom stereocenters. The molecule has 0 spiro atoms. The molecule has 1 aromatic carbocycles. The first-order valence-electron chi connectivity index (χ1n) is 6.76. The zero-order chi connectivity index (χ0) is 12.8. The summed E-state index contributed by atoms with van der Waals surface area (Å²) in [5, 5.41) is 3.43. The summed E-state index contributed by atoms with van der Waals surface area (Å²) in [7, 11) is 0. The number of carbonyl (C=O) groups is 1. The van der Waals surface area contributed by atoms with E-state index < -0.39 is 0 Å². The Bertz CT molecular complexity index is 376. The lowest BCUT2D eigenvalue weighted by Gasteiger charge is -2.21. The van der Waals surface area contributed by atoms with Crippen LogP contribution in [-0.4, -0.2) is 18.9 Å². The molecule has 0 aromatic heterocycles. The van der Waals surface area contributed by atoms with Crippen LogP contribution in [0.2, 0.25) is 0 Å². The van der Waals surface area contributed by atoms with Crippen LogP contribution < -0.4 is 10.1 Å². The van der Waals surface area contributed by atoms with Gasteiger partial charge in [-0.2, -0.15) is 0 Å². The van der Waals surface area contributed by atoms with Gasteiger partial charge in [0, 0.05) is 25.1 Å². The highest BCUT2D eigenvalue weighted by Gasteiger charge is 2.18. The molecular formula is C15H21NO2. The van der Waals surface area contributed by atoms with Gasteiger partial charge >= 0.3 is 0 Å². The van der Waals surface area contributed by atoms with Gasteiger partial charge in [-0.3, -0.25) is 4.79 Å². The number of hydrogen-bond acceptors (Lipinski definition) is 3. The number of ketones is 1. The molecule has 1 fully saturated rings. The molecule has 0 radical (unpaired) electrons. The molecule has 1 aliphatic carbocycles. The van der Waals surface area contributed by atoms with Crippen molar-refractivity contribution in [2.24, 2.45) is 5.92 Å². The fourth-order valence-electron chi connectivity index (χ4n) is 2.30. The van der Waals surface area contributed by atoms with Crippen molar-refractivity contribution in [3.63, 3.8) is 0 Å². The van der Waals surface area contributed by atoms with Crippen molar-refractivity contribution in [3.05, 3.63) is 24.3 Å². The molecule has 1 aromatic rings. The van der Waals surface area contributed by atoms with Crippen LogP contribution in [0.25, 0.3) is 0 Å². The van der Waals surface area contributed by atoms with Gasteiger partial charge in [0.2, 0.25) is 0 Å². The summed E-state index contributed by atoms with van der Waals surface area (Å²) >= 11 is 0. The molecule has 1 saturated carbocycles. The van der Waals surface area contributed by atoms with E-state index in [4.69, 9.17) is 4.74 Å². The SMILES string of the molecule is CCOc1ccc(NCC2CCC(=O)CC2)cc1. The summed E-state index contributed by atoms with van der Waals surface area (Å²) < 4.78 is 5.40. The fraction of sp³-hybridized carbons (Fsp3) is 0.533. The van der Waals surface area contributed by atoms with Crippen molar-refractivity contribution >= 4 is 11.5 Å². The lowest BCUT2D eigenvalue weighted by Crippen LogP contribution is -2.20. The summed E-state index contributed by atoms with van der Waals surface area (Å²) in [6, 6.07) is 8.05. The molecule has 18 heavy (non-hydrogen) atoms. The molecule has 98 valence electrons. The molecular weight excluding hydrogens is 226 g/mol. The minimum atomic E-state index is 0.423. The number of nitrogens with one attached hydrogen (secondary N) is 1. The molecule has 0 aliphatic heterocycles. The Kier molecular flexibility index (Phi) is 4.62. The second-order valence-corrected chi connectivity index (χ2v) is 4.82. The van der Waals surface area contributed by atoms with Crippen molar-refractivity contribution in [1.82, 2.24) is 0 Å². The van der Waals surface area contributed by atoms with E-state index in [0.29, 0.717) is 18.3 Å². The number of benzene rings is 1. The smallest absolute Gasteiger partial charge is 0.132 e. The first-order valence-corrected chi connectivity index (χ1v) is 6.76. The Labute approximate surface area is 109 Å². The third-order valence-electron chi connectivity index (χ3n) is 3.42. The maximum Gasteiger partial charge on any atom is 0.132 e. The van der Waals surface area contributed by atoms with E-state index >= 15 is 0 Å². The van der Waals surface area contributed by atoms with Crippen molar-refractivity contribution in [2.45, 2.75) is 32.6 Å². The summed E-state index contributed by atoms with van der Waals surface area (Å²) in [4.78, 5) is 11.1. The average molecular weight is 247 g/mol. The Morgan fingerprint density at radius 1 is 1.22 bits per heavy atom. The van der Waals surface area contributed by atoms with Gasteiger partial charge in [-0.1, -0.05) is 0 Å². The van der Waals surface area contributed by atoms with Crippen LogP contribution in [0.5, 0.6) is 5.75 Å². The number of Topliss-reactive ketones (excluding diaryl/α,β-unsaturated/α-hetero) is 1. The van der Waals surface area contributed by atoms with E-state index in [2.05, 4.69) is 5.32 Å². The monoisotopic (exact) mass is 247 g/mol. The summed E-state index contributed by atoms with van der Waals surface area (Å²) in [5.41, 5.74) is 1.12. The van der Waals surface area contributed by atoms with Crippen molar-refractivity contribution < 1.29 is 9.53 Å². The number of hydrogen-bond donors (Lipinski definition) is 1. The normalized spacial score (nSPS) is 16.6. The van der Waals surface area contributed by atoms with E-state index in [1.54, 1.807) is 0 Å².